The molecule has 0 spiro atoms. The van der Waals surface area contributed by atoms with Crippen LogP contribution in [-0.4, -0.2) is 66.2 Å². The Balaban J connectivity index is 1.55. The van der Waals surface area contributed by atoms with Crippen molar-refractivity contribution in [3.63, 3.8) is 0 Å². The van der Waals surface area contributed by atoms with Gasteiger partial charge in [0, 0.05) is 32.2 Å². The van der Waals surface area contributed by atoms with Crippen molar-refractivity contribution in [3.8, 4) is 17.2 Å². The smallest absolute Gasteiger partial charge is 0.163 e. The molecule has 2 aromatic rings. The van der Waals surface area contributed by atoms with E-state index in [0.29, 0.717) is 19.1 Å². The maximum absolute atomic E-state index is 5.68. The van der Waals surface area contributed by atoms with E-state index in [1.54, 1.807) is 13.4 Å². The minimum absolute atomic E-state index is 0.387. The van der Waals surface area contributed by atoms with Crippen LogP contribution in [0.2, 0.25) is 0 Å². The highest BCUT2D eigenvalue weighted by Gasteiger charge is 2.28. The summed E-state index contributed by atoms with van der Waals surface area (Å²) in [5.74, 6) is 2.95. The van der Waals surface area contributed by atoms with Crippen molar-refractivity contribution in [2.45, 2.75) is 12.3 Å². The Morgan fingerprint density at radius 1 is 1.25 bits per heavy atom. The Morgan fingerprint density at radius 3 is 3.00 bits per heavy atom. The van der Waals surface area contributed by atoms with Crippen molar-refractivity contribution in [2.75, 3.05) is 46.6 Å². The molecule has 1 atom stereocenters. The van der Waals surface area contributed by atoms with Gasteiger partial charge in [0.25, 0.3) is 0 Å². The molecule has 128 valence electrons. The number of methoxy groups -OCH3 is 1. The highest BCUT2D eigenvalue weighted by Crippen LogP contribution is 2.33. The van der Waals surface area contributed by atoms with Crippen LogP contribution in [0.5, 0.6) is 11.5 Å². The van der Waals surface area contributed by atoms with Gasteiger partial charge in [-0.15, -0.1) is 0 Å². The monoisotopic (exact) mass is 330 g/mol. The number of fused-ring (bicyclic) bond motifs is 1. The van der Waals surface area contributed by atoms with E-state index in [2.05, 4.69) is 15.0 Å². The zero-order valence-electron chi connectivity index (χ0n) is 13.9. The molecule has 0 unspecified atom stereocenters. The molecule has 1 saturated heterocycles. The van der Waals surface area contributed by atoms with Crippen LogP contribution in [-0.2, 0) is 4.74 Å². The van der Waals surface area contributed by atoms with Gasteiger partial charge in [-0.1, -0.05) is 0 Å². The number of hydrogen-bond acceptors (Lipinski definition) is 6. The van der Waals surface area contributed by atoms with E-state index in [0.717, 1.165) is 55.7 Å². The van der Waals surface area contributed by atoms with Crippen molar-refractivity contribution < 1.29 is 14.2 Å². The van der Waals surface area contributed by atoms with Crippen LogP contribution < -0.4 is 9.47 Å². The number of nitrogens with zero attached hydrogens (tertiary/aromatic N) is 4. The molecule has 7 heteroatoms. The van der Waals surface area contributed by atoms with Crippen LogP contribution in [0, 0.1) is 0 Å². The number of rotatable bonds is 5. The maximum atomic E-state index is 5.68. The molecule has 0 saturated carbocycles. The predicted molar refractivity (Wildman–Crippen MR) is 88.0 cm³/mol. The molecule has 4 rings (SSSR count). The standard InChI is InChI=1S/C17H22N4O3/c1-22-7-6-20-5-4-13(11-20)17-18-12-19-21(17)14-2-3-15-16(10-14)24-9-8-23-15/h2-3,10,12-13H,4-9,11H2,1H3/t13-/m1/s1. The van der Waals surface area contributed by atoms with E-state index in [1.165, 1.54) is 0 Å². The van der Waals surface area contributed by atoms with Crippen molar-refractivity contribution in [3.05, 3.63) is 30.4 Å². The topological polar surface area (TPSA) is 61.6 Å². The lowest BCUT2D eigenvalue weighted by Gasteiger charge is -2.19. The fourth-order valence-corrected chi connectivity index (χ4v) is 3.36. The summed E-state index contributed by atoms with van der Waals surface area (Å²) in [6.07, 6.45) is 2.72. The van der Waals surface area contributed by atoms with Gasteiger partial charge < -0.3 is 19.1 Å². The van der Waals surface area contributed by atoms with E-state index < -0.39 is 0 Å². The van der Waals surface area contributed by atoms with Crippen molar-refractivity contribution >= 4 is 0 Å². The van der Waals surface area contributed by atoms with E-state index in [-0.39, 0.29) is 0 Å². The lowest BCUT2D eigenvalue weighted by atomic mass is 10.1. The third-order valence-electron chi connectivity index (χ3n) is 4.59. The Kier molecular flexibility index (Phi) is 4.36. The van der Waals surface area contributed by atoms with Gasteiger partial charge in [-0.05, 0) is 25.1 Å². The highest BCUT2D eigenvalue weighted by molar-refractivity contribution is 5.49. The first-order valence-electron chi connectivity index (χ1n) is 8.36. The third kappa shape index (κ3) is 2.97. The molecule has 3 heterocycles. The van der Waals surface area contributed by atoms with Gasteiger partial charge in [-0.3, -0.25) is 0 Å². The van der Waals surface area contributed by atoms with E-state index in [9.17, 15) is 0 Å². The van der Waals surface area contributed by atoms with Crippen LogP contribution in [0.25, 0.3) is 5.69 Å². The molecule has 0 bridgehead atoms. The zero-order chi connectivity index (χ0) is 16.4. The molecule has 2 aliphatic rings. The predicted octanol–water partition coefficient (Wildman–Crippen LogP) is 1.47. The minimum Gasteiger partial charge on any atom is -0.486 e. The summed E-state index contributed by atoms with van der Waals surface area (Å²) in [5.41, 5.74) is 0.960. The molecule has 0 radical (unpaired) electrons. The first-order valence-corrected chi connectivity index (χ1v) is 8.36. The molecule has 0 aliphatic carbocycles. The molecule has 2 aliphatic heterocycles. The second-order valence-corrected chi connectivity index (χ2v) is 6.14. The molecular weight excluding hydrogens is 308 g/mol. The number of likely N-dealkylation sites (tertiary alicyclic amines) is 1. The maximum Gasteiger partial charge on any atom is 0.163 e. The Labute approximate surface area is 141 Å². The largest absolute Gasteiger partial charge is 0.486 e. The molecule has 1 fully saturated rings. The van der Waals surface area contributed by atoms with Gasteiger partial charge in [0.15, 0.2) is 11.5 Å². The minimum atomic E-state index is 0.387. The Bertz CT molecular complexity index is 703. The van der Waals surface area contributed by atoms with Gasteiger partial charge >= 0.3 is 0 Å². The lowest BCUT2D eigenvalue weighted by molar-refractivity contribution is 0.160. The summed E-state index contributed by atoms with van der Waals surface area (Å²) in [7, 11) is 1.74. The summed E-state index contributed by atoms with van der Waals surface area (Å²) in [5, 5.41) is 4.43. The van der Waals surface area contributed by atoms with E-state index >= 15 is 0 Å². The molecule has 1 aromatic heterocycles. The quantitative estimate of drug-likeness (QED) is 0.827. The van der Waals surface area contributed by atoms with Crippen molar-refractivity contribution in [2.24, 2.45) is 0 Å². The molecule has 0 amide bonds. The number of benzene rings is 1. The second kappa shape index (κ2) is 6.78. The number of hydrogen-bond donors (Lipinski definition) is 0. The molecule has 7 nitrogen and oxygen atoms in total. The first kappa shape index (κ1) is 15.4. The summed E-state index contributed by atoms with van der Waals surface area (Å²) in [6, 6.07) is 5.92. The van der Waals surface area contributed by atoms with Crippen LogP contribution >= 0.6 is 0 Å². The lowest BCUT2D eigenvalue weighted by Crippen LogP contribution is -2.25. The average Bonchev–Trinajstić information content (AvgIpc) is 3.28. The van der Waals surface area contributed by atoms with Crippen LogP contribution in [0.4, 0.5) is 0 Å². The van der Waals surface area contributed by atoms with Crippen molar-refractivity contribution in [1.82, 2.24) is 19.7 Å². The number of aromatic nitrogens is 3. The Morgan fingerprint density at radius 2 is 2.12 bits per heavy atom. The second-order valence-electron chi connectivity index (χ2n) is 6.14. The van der Waals surface area contributed by atoms with E-state index in [4.69, 9.17) is 14.2 Å². The summed E-state index contributed by atoms with van der Waals surface area (Å²) in [6.45, 7) is 4.97. The molecule has 24 heavy (non-hydrogen) atoms. The summed E-state index contributed by atoms with van der Waals surface area (Å²) in [4.78, 5) is 6.94. The van der Waals surface area contributed by atoms with Gasteiger partial charge in [-0.25, -0.2) is 9.67 Å². The fraction of sp³-hybridized carbons (Fsp3) is 0.529. The summed E-state index contributed by atoms with van der Waals surface area (Å²) < 4.78 is 18.4. The van der Waals surface area contributed by atoms with E-state index in [1.807, 2.05) is 22.9 Å². The first-order chi connectivity index (χ1) is 11.8. The molecular formula is C17H22N4O3. The third-order valence-corrected chi connectivity index (χ3v) is 4.59. The molecule has 0 N–H and O–H groups in total. The normalized spacial score (nSPS) is 20.5. The fourth-order valence-electron chi connectivity index (χ4n) is 3.36. The van der Waals surface area contributed by atoms with Gasteiger partial charge in [0.2, 0.25) is 0 Å². The SMILES string of the molecule is COCCN1CC[C@@H](c2ncnn2-c2ccc3c(c2)OCCO3)C1. The van der Waals surface area contributed by atoms with Gasteiger partial charge in [0.05, 0.1) is 12.3 Å². The van der Waals surface area contributed by atoms with Crippen LogP contribution in [0.1, 0.15) is 18.2 Å². The zero-order valence-corrected chi connectivity index (χ0v) is 13.9. The Hall–Kier alpha value is -2.12. The van der Waals surface area contributed by atoms with Crippen LogP contribution in [0.3, 0.4) is 0 Å². The van der Waals surface area contributed by atoms with Crippen LogP contribution in [0.15, 0.2) is 24.5 Å². The number of ether oxygens (including phenoxy) is 3. The average molecular weight is 330 g/mol. The highest BCUT2D eigenvalue weighted by atomic mass is 16.6. The van der Waals surface area contributed by atoms with Crippen molar-refractivity contribution in [1.29, 1.82) is 0 Å². The van der Waals surface area contributed by atoms with Gasteiger partial charge in [-0.2, -0.15) is 5.10 Å². The summed E-state index contributed by atoms with van der Waals surface area (Å²) >= 11 is 0. The van der Waals surface area contributed by atoms with Gasteiger partial charge in [0.1, 0.15) is 25.4 Å². The molecule has 1 aromatic carbocycles.